The van der Waals surface area contributed by atoms with Crippen molar-refractivity contribution in [1.29, 1.82) is 0 Å². The van der Waals surface area contributed by atoms with Crippen molar-refractivity contribution in [2.24, 2.45) is 5.92 Å². The standard InChI is InChI=1S/C20H31NO4.ClH/c1-3-23-18-10-7-11-19(15-18)25-14-6-5-12-21-13-8-9-17(16-21)20(22)24-4-2;/h7,10-11,15,17H,3-6,8-9,12-14,16H2,1-2H3;1H. The van der Waals surface area contributed by atoms with Gasteiger partial charge in [0.2, 0.25) is 0 Å². The molecule has 1 unspecified atom stereocenters. The summed E-state index contributed by atoms with van der Waals surface area (Å²) >= 11 is 0. The number of piperidine rings is 1. The molecule has 1 aliphatic rings. The maximum absolute atomic E-state index is 11.9. The molecule has 0 saturated carbocycles. The predicted octanol–water partition coefficient (Wildman–Crippen LogP) is 3.94. The summed E-state index contributed by atoms with van der Waals surface area (Å²) in [6.45, 7) is 8.58. The van der Waals surface area contributed by atoms with Crippen molar-refractivity contribution in [3.8, 4) is 11.5 Å². The normalized spacial score (nSPS) is 17.2. The summed E-state index contributed by atoms with van der Waals surface area (Å²) in [7, 11) is 0. The van der Waals surface area contributed by atoms with Gasteiger partial charge in [-0.3, -0.25) is 4.79 Å². The highest BCUT2D eigenvalue weighted by Crippen LogP contribution is 2.20. The highest BCUT2D eigenvalue weighted by molar-refractivity contribution is 5.85. The van der Waals surface area contributed by atoms with Crippen LogP contribution in [0.2, 0.25) is 0 Å². The number of halogens is 1. The van der Waals surface area contributed by atoms with Crippen molar-refractivity contribution in [3.63, 3.8) is 0 Å². The van der Waals surface area contributed by atoms with Crippen molar-refractivity contribution in [1.82, 2.24) is 4.90 Å². The molecule has 26 heavy (non-hydrogen) atoms. The van der Waals surface area contributed by atoms with E-state index in [1.807, 2.05) is 38.1 Å². The molecule has 6 heteroatoms. The van der Waals surface area contributed by atoms with Crippen molar-refractivity contribution in [3.05, 3.63) is 24.3 Å². The molecule has 1 aliphatic heterocycles. The average molecular weight is 386 g/mol. The van der Waals surface area contributed by atoms with Gasteiger partial charge in [0.25, 0.3) is 0 Å². The molecule has 1 aromatic rings. The molecule has 1 heterocycles. The Balaban J connectivity index is 0.00000338. The van der Waals surface area contributed by atoms with Gasteiger partial charge in [0.05, 0.1) is 25.7 Å². The number of hydrogen-bond donors (Lipinski definition) is 0. The van der Waals surface area contributed by atoms with Gasteiger partial charge < -0.3 is 19.1 Å². The Morgan fingerprint density at radius 3 is 2.65 bits per heavy atom. The van der Waals surface area contributed by atoms with E-state index >= 15 is 0 Å². The molecule has 0 aliphatic carbocycles. The van der Waals surface area contributed by atoms with Crippen LogP contribution in [-0.2, 0) is 9.53 Å². The second-order valence-electron chi connectivity index (χ2n) is 6.36. The van der Waals surface area contributed by atoms with E-state index in [2.05, 4.69) is 4.90 Å². The van der Waals surface area contributed by atoms with E-state index in [1.165, 1.54) is 0 Å². The van der Waals surface area contributed by atoms with Gasteiger partial charge in [0.1, 0.15) is 11.5 Å². The van der Waals surface area contributed by atoms with Crippen LogP contribution in [0.4, 0.5) is 0 Å². The number of esters is 1. The Morgan fingerprint density at radius 1 is 1.15 bits per heavy atom. The zero-order chi connectivity index (χ0) is 17.9. The van der Waals surface area contributed by atoms with Crippen molar-refractivity contribution < 1.29 is 19.0 Å². The second kappa shape index (κ2) is 12.8. The molecule has 0 spiro atoms. The first-order chi connectivity index (χ1) is 12.2. The smallest absolute Gasteiger partial charge is 0.310 e. The molecule has 1 fully saturated rings. The molecule has 0 N–H and O–H groups in total. The van der Waals surface area contributed by atoms with Crippen LogP contribution in [0, 0.1) is 5.92 Å². The van der Waals surface area contributed by atoms with E-state index in [9.17, 15) is 4.79 Å². The van der Waals surface area contributed by atoms with Gasteiger partial charge in [-0.1, -0.05) is 6.07 Å². The SMILES string of the molecule is CCOC(=O)C1CCCN(CCCCOc2cccc(OCC)c2)C1.Cl. The van der Waals surface area contributed by atoms with Crippen LogP contribution in [0.3, 0.4) is 0 Å². The lowest BCUT2D eigenvalue weighted by Crippen LogP contribution is -2.39. The fourth-order valence-electron chi connectivity index (χ4n) is 3.16. The van der Waals surface area contributed by atoms with Gasteiger partial charge in [-0.2, -0.15) is 0 Å². The molecular formula is C20H32ClNO4. The Labute approximate surface area is 163 Å². The number of unbranched alkanes of at least 4 members (excludes halogenated alkanes) is 1. The number of carbonyl (C=O) groups excluding carboxylic acids is 1. The number of benzene rings is 1. The lowest BCUT2D eigenvalue weighted by atomic mass is 9.98. The summed E-state index contributed by atoms with van der Waals surface area (Å²) in [5.74, 6) is 1.71. The number of likely N-dealkylation sites (tertiary alicyclic amines) is 1. The van der Waals surface area contributed by atoms with Crippen LogP contribution in [-0.4, -0.2) is 50.3 Å². The van der Waals surface area contributed by atoms with Crippen LogP contribution in [0.1, 0.15) is 39.5 Å². The van der Waals surface area contributed by atoms with Crippen LogP contribution >= 0.6 is 12.4 Å². The van der Waals surface area contributed by atoms with Crippen molar-refractivity contribution in [2.45, 2.75) is 39.5 Å². The van der Waals surface area contributed by atoms with Crippen LogP contribution in [0.25, 0.3) is 0 Å². The van der Waals surface area contributed by atoms with Crippen LogP contribution in [0.15, 0.2) is 24.3 Å². The first kappa shape index (κ1) is 22.6. The Hall–Kier alpha value is -1.46. The monoisotopic (exact) mass is 385 g/mol. The largest absolute Gasteiger partial charge is 0.494 e. The second-order valence-corrected chi connectivity index (χ2v) is 6.36. The third-order valence-corrected chi connectivity index (χ3v) is 4.38. The first-order valence-corrected chi connectivity index (χ1v) is 9.47. The molecule has 1 atom stereocenters. The van der Waals surface area contributed by atoms with E-state index in [0.717, 1.165) is 56.8 Å². The van der Waals surface area contributed by atoms with Crippen LogP contribution in [0.5, 0.6) is 11.5 Å². The summed E-state index contributed by atoms with van der Waals surface area (Å²) in [6.07, 6.45) is 4.10. The highest BCUT2D eigenvalue weighted by Gasteiger charge is 2.26. The third kappa shape index (κ3) is 7.83. The quantitative estimate of drug-likeness (QED) is 0.451. The van der Waals surface area contributed by atoms with Gasteiger partial charge in [0, 0.05) is 12.6 Å². The van der Waals surface area contributed by atoms with Gasteiger partial charge >= 0.3 is 5.97 Å². The zero-order valence-electron chi connectivity index (χ0n) is 15.9. The van der Waals surface area contributed by atoms with E-state index in [-0.39, 0.29) is 24.3 Å². The number of rotatable bonds is 10. The number of ether oxygens (including phenoxy) is 3. The summed E-state index contributed by atoms with van der Waals surface area (Å²) in [5, 5.41) is 0. The highest BCUT2D eigenvalue weighted by atomic mass is 35.5. The summed E-state index contributed by atoms with van der Waals surface area (Å²) in [4.78, 5) is 14.2. The van der Waals surface area contributed by atoms with Crippen molar-refractivity contribution in [2.75, 3.05) is 39.5 Å². The number of nitrogens with zero attached hydrogens (tertiary/aromatic N) is 1. The van der Waals surface area contributed by atoms with E-state index in [4.69, 9.17) is 14.2 Å². The van der Waals surface area contributed by atoms with E-state index < -0.39 is 0 Å². The summed E-state index contributed by atoms with van der Waals surface area (Å²) < 4.78 is 16.4. The minimum Gasteiger partial charge on any atom is -0.494 e. The lowest BCUT2D eigenvalue weighted by Gasteiger charge is -2.31. The van der Waals surface area contributed by atoms with Crippen molar-refractivity contribution >= 4 is 18.4 Å². The lowest BCUT2D eigenvalue weighted by molar-refractivity contribution is -0.149. The van der Waals surface area contributed by atoms with Gasteiger partial charge in [-0.15, -0.1) is 12.4 Å². The molecule has 0 amide bonds. The topological polar surface area (TPSA) is 48.0 Å². The molecule has 1 saturated heterocycles. The molecule has 5 nitrogen and oxygen atoms in total. The number of carbonyl (C=O) groups is 1. The molecular weight excluding hydrogens is 354 g/mol. The van der Waals surface area contributed by atoms with Gasteiger partial charge in [-0.05, 0) is 64.8 Å². The maximum Gasteiger partial charge on any atom is 0.310 e. The fraction of sp³-hybridized carbons (Fsp3) is 0.650. The van der Waals surface area contributed by atoms with Gasteiger partial charge in [-0.25, -0.2) is 0 Å². The van der Waals surface area contributed by atoms with E-state index in [0.29, 0.717) is 19.8 Å². The number of hydrogen-bond acceptors (Lipinski definition) is 5. The fourth-order valence-corrected chi connectivity index (χ4v) is 3.16. The Bertz CT molecular complexity index is 526. The van der Waals surface area contributed by atoms with Gasteiger partial charge in [0.15, 0.2) is 0 Å². The summed E-state index contributed by atoms with van der Waals surface area (Å²) in [5.41, 5.74) is 0. The predicted molar refractivity (Wildman–Crippen MR) is 105 cm³/mol. The molecule has 0 radical (unpaired) electrons. The average Bonchev–Trinajstić information content (AvgIpc) is 2.62. The van der Waals surface area contributed by atoms with E-state index in [1.54, 1.807) is 0 Å². The van der Waals surface area contributed by atoms with Crippen LogP contribution < -0.4 is 9.47 Å². The molecule has 1 aromatic carbocycles. The molecule has 0 bridgehead atoms. The Kier molecular flexibility index (Phi) is 11.1. The zero-order valence-corrected chi connectivity index (χ0v) is 16.8. The molecule has 0 aromatic heterocycles. The summed E-state index contributed by atoms with van der Waals surface area (Å²) in [6, 6.07) is 7.77. The minimum atomic E-state index is -0.0373. The first-order valence-electron chi connectivity index (χ1n) is 9.47. The Morgan fingerprint density at radius 2 is 1.92 bits per heavy atom. The maximum atomic E-state index is 11.9. The molecule has 148 valence electrons. The third-order valence-electron chi connectivity index (χ3n) is 4.38. The molecule has 2 rings (SSSR count). The minimum absolute atomic E-state index is 0.